The molecule has 0 spiro atoms. The van der Waals surface area contributed by atoms with Crippen molar-refractivity contribution < 1.29 is 14.2 Å². The second kappa shape index (κ2) is 7.73. The summed E-state index contributed by atoms with van der Waals surface area (Å²) in [5.41, 5.74) is 0. The maximum absolute atomic E-state index is 12.8. The Kier molecular flexibility index (Phi) is 5.96. The molecule has 1 aromatic rings. The summed E-state index contributed by atoms with van der Waals surface area (Å²) in [6, 6.07) is 6.38. The van der Waals surface area contributed by atoms with E-state index in [0.717, 1.165) is 25.9 Å². The van der Waals surface area contributed by atoms with Crippen molar-refractivity contribution in [2.24, 2.45) is 0 Å². The molecule has 0 amide bonds. The summed E-state index contributed by atoms with van der Waals surface area (Å²) in [6.45, 7) is 3.03. The van der Waals surface area contributed by atoms with Gasteiger partial charge in [0.2, 0.25) is 0 Å². The number of hydrogen-bond acceptors (Lipinski definition) is 4. The fraction of sp³-hybridized carbons (Fsp3) is 0.625. The van der Waals surface area contributed by atoms with E-state index in [-0.39, 0.29) is 12.4 Å². The lowest BCUT2D eigenvalue weighted by Crippen LogP contribution is -2.45. The van der Waals surface area contributed by atoms with Crippen LogP contribution in [0.25, 0.3) is 0 Å². The van der Waals surface area contributed by atoms with Gasteiger partial charge in [-0.15, -0.1) is 0 Å². The number of aliphatic hydroxyl groups is 1. The summed E-state index contributed by atoms with van der Waals surface area (Å²) >= 11 is 0. The molecule has 118 valence electrons. The first-order chi connectivity index (χ1) is 10.0. The summed E-state index contributed by atoms with van der Waals surface area (Å²) in [7, 11) is 4.19. The quantitative estimate of drug-likeness (QED) is 0.865. The van der Waals surface area contributed by atoms with Gasteiger partial charge >= 0.3 is 0 Å². The minimum atomic E-state index is -0.542. The third-order valence-corrected chi connectivity index (χ3v) is 4.07. The largest absolute Gasteiger partial charge is 0.491 e. The van der Waals surface area contributed by atoms with Crippen molar-refractivity contribution in [1.29, 1.82) is 0 Å². The molecule has 0 saturated carbocycles. The van der Waals surface area contributed by atoms with Gasteiger partial charge in [-0.1, -0.05) is 0 Å². The number of nitrogens with zero attached hydrogens (tertiary/aromatic N) is 2. The zero-order chi connectivity index (χ0) is 15.2. The third kappa shape index (κ3) is 5.26. The topological polar surface area (TPSA) is 35.9 Å². The summed E-state index contributed by atoms with van der Waals surface area (Å²) in [4.78, 5) is 4.55. The van der Waals surface area contributed by atoms with E-state index in [9.17, 15) is 9.50 Å². The predicted octanol–water partition coefficient (Wildman–Crippen LogP) is 1.59. The highest BCUT2D eigenvalue weighted by Crippen LogP contribution is 2.15. The highest BCUT2D eigenvalue weighted by atomic mass is 19.1. The molecule has 1 saturated heterocycles. The SMILES string of the molecule is CN1CCC(N(C)C[C@H](O)COc2ccc(F)cc2)CC1. The lowest BCUT2D eigenvalue weighted by atomic mass is 10.0. The average Bonchev–Trinajstić information content (AvgIpc) is 2.47. The summed E-state index contributed by atoms with van der Waals surface area (Å²) in [6.07, 6.45) is 1.73. The van der Waals surface area contributed by atoms with Crippen LogP contribution in [-0.4, -0.2) is 67.4 Å². The van der Waals surface area contributed by atoms with Gasteiger partial charge in [0.05, 0.1) is 0 Å². The fourth-order valence-corrected chi connectivity index (χ4v) is 2.69. The first-order valence-corrected chi connectivity index (χ1v) is 7.50. The Morgan fingerprint density at radius 1 is 1.33 bits per heavy atom. The van der Waals surface area contributed by atoms with Crippen molar-refractivity contribution in [3.8, 4) is 5.75 Å². The van der Waals surface area contributed by atoms with Gasteiger partial charge in [0, 0.05) is 12.6 Å². The van der Waals surface area contributed by atoms with Crippen LogP contribution in [0.5, 0.6) is 5.75 Å². The van der Waals surface area contributed by atoms with Crippen molar-refractivity contribution in [3.05, 3.63) is 30.1 Å². The molecule has 0 radical (unpaired) electrons. The molecular weight excluding hydrogens is 271 g/mol. The first kappa shape index (κ1) is 16.2. The highest BCUT2D eigenvalue weighted by Gasteiger charge is 2.22. The number of ether oxygens (including phenoxy) is 1. The maximum atomic E-state index is 12.8. The van der Waals surface area contributed by atoms with Gasteiger partial charge in [-0.25, -0.2) is 4.39 Å². The van der Waals surface area contributed by atoms with Gasteiger partial charge in [0.15, 0.2) is 0 Å². The van der Waals surface area contributed by atoms with Crippen molar-refractivity contribution in [3.63, 3.8) is 0 Å². The molecule has 5 heteroatoms. The minimum absolute atomic E-state index is 0.225. The smallest absolute Gasteiger partial charge is 0.123 e. The molecule has 1 atom stereocenters. The van der Waals surface area contributed by atoms with E-state index in [1.54, 1.807) is 12.1 Å². The molecule has 1 aliphatic heterocycles. The van der Waals surface area contributed by atoms with E-state index in [0.29, 0.717) is 18.3 Å². The Morgan fingerprint density at radius 3 is 2.57 bits per heavy atom. The highest BCUT2D eigenvalue weighted by molar-refractivity contribution is 5.22. The number of hydrogen-bond donors (Lipinski definition) is 1. The Morgan fingerprint density at radius 2 is 1.95 bits per heavy atom. The number of aliphatic hydroxyl groups excluding tert-OH is 1. The van der Waals surface area contributed by atoms with Crippen molar-refractivity contribution >= 4 is 0 Å². The van der Waals surface area contributed by atoms with Crippen LogP contribution in [0.4, 0.5) is 4.39 Å². The van der Waals surface area contributed by atoms with Crippen LogP contribution in [0.2, 0.25) is 0 Å². The van der Waals surface area contributed by atoms with E-state index >= 15 is 0 Å². The molecule has 1 aliphatic rings. The Hall–Kier alpha value is -1.17. The van der Waals surface area contributed by atoms with E-state index in [2.05, 4.69) is 23.9 Å². The molecule has 1 heterocycles. The third-order valence-electron chi connectivity index (χ3n) is 4.07. The molecule has 0 aromatic heterocycles. The Labute approximate surface area is 126 Å². The van der Waals surface area contributed by atoms with E-state index in [4.69, 9.17) is 4.74 Å². The number of likely N-dealkylation sites (N-methyl/N-ethyl adjacent to an activating group) is 1. The standard InChI is InChI=1S/C16H25FN2O2/c1-18-9-7-14(8-10-18)19(2)11-15(20)12-21-16-5-3-13(17)4-6-16/h3-6,14-15,20H,7-12H2,1-2H3/t15-/m0/s1. The van der Waals surface area contributed by atoms with Gasteiger partial charge in [0.25, 0.3) is 0 Å². The average molecular weight is 296 g/mol. The second-order valence-corrected chi connectivity index (χ2v) is 5.89. The van der Waals surface area contributed by atoms with Crippen LogP contribution in [0.1, 0.15) is 12.8 Å². The zero-order valence-electron chi connectivity index (χ0n) is 12.8. The van der Waals surface area contributed by atoms with E-state index in [1.807, 2.05) is 0 Å². The number of likely N-dealkylation sites (tertiary alicyclic amines) is 1. The second-order valence-electron chi connectivity index (χ2n) is 5.89. The molecule has 0 unspecified atom stereocenters. The first-order valence-electron chi connectivity index (χ1n) is 7.50. The van der Waals surface area contributed by atoms with Crippen molar-refractivity contribution in [1.82, 2.24) is 9.80 Å². The maximum Gasteiger partial charge on any atom is 0.123 e. The van der Waals surface area contributed by atoms with Crippen LogP contribution in [-0.2, 0) is 0 Å². The Balaban J connectivity index is 1.71. The Bertz CT molecular complexity index is 419. The van der Waals surface area contributed by atoms with E-state index < -0.39 is 6.10 Å². The number of piperidine rings is 1. The number of benzene rings is 1. The normalized spacial score (nSPS) is 18.9. The molecule has 1 N–H and O–H groups in total. The van der Waals surface area contributed by atoms with Gasteiger partial charge in [-0.05, 0) is 64.3 Å². The van der Waals surface area contributed by atoms with Gasteiger partial charge in [0.1, 0.15) is 24.3 Å². The molecule has 1 aromatic carbocycles. The summed E-state index contributed by atoms with van der Waals surface area (Å²) < 4.78 is 18.3. The molecule has 1 fully saturated rings. The number of rotatable bonds is 6. The lowest BCUT2D eigenvalue weighted by molar-refractivity contribution is 0.0498. The molecule has 4 nitrogen and oxygen atoms in total. The fourth-order valence-electron chi connectivity index (χ4n) is 2.69. The summed E-state index contributed by atoms with van der Waals surface area (Å²) in [5.74, 6) is 0.294. The molecular formula is C16H25FN2O2. The number of halogens is 1. The van der Waals surface area contributed by atoms with Gasteiger partial charge in [-0.3, -0.25) is 0 Å². The summed E-state index contributed by atoms with van der Waals surface area (Å²) in [5, 5.41) is 10.1. The van der Waals surface area contributed by atoms with Crippen LogP contribution in [0.3, 0.4) is 0 Å². The van der Waals surface area contributed by atoms with Gasteiger partial charge < -0.3 is 19.6 Å². The van der Waals surface area contributed by atoms with E-state index in [1.165, 1.54) is 12.1 Å². The zero-order valence-corrected chi connectivity index (χ0v) is 12.8. The molecule has 2 rings (SSSR count). The van der Waals surface area contributed by atoms with Crippen LogP contribution >= 0.6 is 0 Å². The molecule has 0 bridgehead atoms. The van der Waals surface area contributed by atoms with Crippen molar-refractivity contribution in [2.75, 3.05) is 40.3 Å². The van der Waals surface area contributed by atoms with Gasteiger partial charge in [-0.2, -0.15) is 0 Å². The lowest BCUT2D eigenvalue weighted by Gasteiger charge is -2.35. The van der Waals surface area contributed by atoms with Crippen molar-refractivity contribution in [2.45, 2.75) is 25.0 Å². The van der Waals surface area contributed by atoms with Crippen LogP contribution in [0, 0.1) is 5.82 Å². The predicted molar refractivity (Wildman–Crippen MR) is 81.1 cm³/mol. The molecule has 21 heavy (non-hydrogen) atoms. The minimum Gasteiger partial charge on any atom is -0.491 e. The van der Waals surface area contributed by atoms with Crippen LogP contribution < -0.4 is 4.74 Å². The monoisotopic (exact) mass is 296 g/mol. The molecule has 0 aliphatic carbocycles. The van der Waals surface area contributed by atoms with Crippen LogP contribution in [0.15, 0.2) is 24.3 Å².